The van der Waals surface area contributed by atoms with E-state index in [1.807, 2.05) is 0 Å². The molecule has 1 aromatic carbocycles. The zero-order valence-electron chi connectivity index (χ0n) is 9.83. The number of hydrogen-bond donors (Lipinski definition) is 0. The van der Waals surface area contributed by atoms with Crippen LogP contribution in [0.3, 0.4) is 0 Å². The molecule has 16 heavy (non-hydrogen) atoms. The third-order valence-corrected chi connectivity index (χ3v) is 4.69. The van der Waals surface area contributed by atoms with Crippen molar-refractivity contribution in [2.75, 3.05) is 0 Å². The predicted octanol–water partition coefficient (Wildman–Crippen LogP) is 3.26. The van der Waals surface area contributed by atoms with Crippen LogP contribution in [0.2, 0.25) is 0 Å². The summed E-state index contributed by atoms with van der Waals surface area (Å²) >= 11 is 0. The van der Waals surface area contributed by atoms with Gasteiger partial charge in [-0.25, -0.2) is 0 Å². The van der Waals surface area contributed by atoms with E-state index in [-0.39, 0.29) is 5.41 Å². The molecule has 2 atom stereocenters. The molecule has 1 aromatic rings. The molecular weight excluding hydrogens is 196 g/mol. The van der Waals surface area contributed by atoms with Crippen LogP contribution >= 0.6 is 0 Å². The molecule has 0 amide bonds. The van der Waals surface area contributed by atoms with Crippen molar-refractivity contribution in [3.8, 4) is 0 Å². The highest BCUT2D eigenvalue weighted by Gasteiger charge is 2.43. The Morgan fingerprint density at radius 2 is 2.06 bits per heavy atom. The van der Waals surface area contributed by atoms with Gasteiger partial charge in [0.2, 0.25) is 0 Å². The summed E-state index contributed by atoms with van der Waals surface area (Å²) in [6.45, 7) is 2.36. The van der Waals surface area contributed by atoms with Crippen molar-refractivity contribution in [2.24, 2.45) is 5.92 Å². The third kappa shape index (κ3) is 1.34. The number of rotatable bonds is 0. The Kier molecular flexibility index (Phi) is 2.17. The smallest absolute Gasteiger partial charge is 0.133 e. The van der Waals surface area contributed by atoms with Crippen LogP contribution in [0.5, 0.6) is 0 Å². The predicted molar refractivity (Wildman–Crippen MR) is 64.5 cm³/mol. The molecule has 3 rings (SSSR count). The zero-order valence-corrected chi connectivity index (χ0v) is 9.83. The minimum Gasteiger partial charge on any atom is -0.300 e. The zero-order chi connectivity index (χ0) is 11.2. The van der Waals surface area contributed by atoms with E-state index in [1.54, 1.807) is 0 Å². The first-order valence-corrected chi connectivity index (χ1v) is 6.30. The van der Waals surface area contributed by atoms with Gasteiger partial charge in [0.1, 0.15) is 5.78 Å². The molecule has 0 radical (unpaired) electrons. The fraction of sp³-hybridized carbons (Fsp3) is 0.533. The lowest BCUT2D eigenvalue weighted by Crippen LogP contribution is -2.41. The van der Waals surface area contributed by atoms with E-state index in [2.05, 4.69) is 31.2 Å². The first-order chi connectivity index (χ1) is 7.70. The second-order valence-corrected chi connectivity index (χ2v) is 5.55. The minimum atomic E-state index is 0.267. The summed E-state index contributed by atoms with van der Waals surface area (Å²) in [5, 5.41) is 0. The number of carbonyl (C=O) groups is 1. The Balaban J connectivity index is 2.07. The van der Waals surface area contributed by atoms with Crippen LogP contribution in [-0.2, 0) is 16.6 Å². The van der Waals surface area contributed by atoms with Gasteiger partial charge in [-0.2, -0.15) is 0 Å². The minimum absolute atomic E-state index is 0.267. The Labute approximate surface area is 96.9 Å². The normalized spacial score (nSPS) is 33.1. The Morgan fingerprint density at radius 1 is 1.25 bits per heavy atom. The van der Waals surface area contributed by atoms with Crippen LogP contribution in [0.1, 0.15) is 43.7 Å². The van der Waals surface area contributed by atoms with Gasteiger partial charge in [0.25, 0.3) is 0 Å². The van der Waals surface area contributed by atoms with Crippen LogP contribution in [0.4, 0.5) is 0 Å². The molecular formula is C15H18O. The van der Waals surface area contributed by atoms with Gasteiger partial charge < -0.3 is 0 Å². The molecule has 2 aliphatic carbocycles. The van der Waals surface area contributed by atoms with E-state index in [0.717, 1.165) is 25.7 Å². The van der Waals surface area contributed by atoms with Gasteiger partial charge in [0.15, 0.2) is 0 Å². The van der Waals surface area contributed by atoms with Crippen LogP contribution < -0.4 is 0 Å². The van der Waals surface area contributed by atoms with Crippen molar-refractivity contribution in [1.82, 2.24) is 0 Å². The van der Waals surface area contributed by atoms with E-state index in [9.17, 15) is 4.79 Å². The van der Waals surface area contributed by atoms with Crippen LogP contribution in [0.15, 0.2) is 24.3 Å². The first-order valence-electron chi connectivity index (χ1n) is 6.30. The lowest BCUT2D eigenvalue weighted by molar-refractivity contribution is -0.123. The standard InChI is InChI=1S/C15H18O/c1-15-9-8-13(16)10-12(15)7-6-11-4-2-3-5-14(11)15/h2-5,12H,6-10H2,1H3/t12-,15-/m1/s1. The maximum Gasteiger partial charge on any atom is 0.133 e. The second kappa shape index (κ2) is 3.44. The van der Waals surface area contributed by atoms with Crippen LogP contribution in [-0.4, -0.2) is 5.78 Å². The van der Waals surface area contributed by atoms with Crippen molar-refractivity contribution in [2.45, 2.75) is 44.4 Å². The first kappa shape index (κ1) is 10.1. The summed E-state index contributed by atoms with van der Waals surface area (Å²) in [4.78, 5) is 11.6. The number of Topliss-reactive ketones (excluding diaryl/α,β-unsaturated/α-hetero) is 1. The number of fused-ring (bicyclic) bond motifs is 3. The van der Waals surface area contributed by atoms with E-state index >= 15 is 0 Å². The van der Waals surface area contributed by atoms with Crippen molar-refractivity contribution >= 4 is 5.78 Å². The number of carbonyl (C=O) groups excluding carboxylic acids is 1. The van der Waals surface area contributed by atoms with Crippen LogP contribution in [0, 0.1) is 5.92 Å². The Hall–Kier alpha value is -1.11. The average Bonchev–Trinajstić information content (AvgIpc) is 2.31. The van der Waals surface area contributed by atoms with Gasteiger partial charge in [0.05, 0.1) is 0 Å². The molecule has 0 unspecified atom stereocenters. The van der Waals surface area contributed by atoms with E-state index in [0.29, 0.717) is 11.7 Å². The number of ketones is 1. The topological polar surface area (TPSA) is 17.1 Å². The molecule has 0 heterocycles. The molecule has 2 aliphatic rings. The van der Waals surface area contributed by atoms with Gasteiger partial charge in [-0.15, -0.1) is 0 Å². The molecule has 0 bridgehead atoms. The van der Waals surface area contributed by atoms with Crippen molar-refractivity contribution in [3.63, 3.8) is 0 Å². The lowest BCUT2D eigenvalue weighted by atomic mass is 9.58. The highest BCUT2D eigenvalue weighted by molar-refractivity contribution is 5.80. The van der Waals surface area contributed by atoms with E-state index in [4.69, 9.17) is 0 Å². The van der Waals surface area contributed by atoms with Crippen molar-refractivity contribution in [1.29, 1.82) is 0 Å². The Morgan fingerprint density at radius 3 is 2.94 bits per heavy atom. The van der Waals surface area contributed by atoms with Crippen LogP contribution in [0.25, 0.3) is 0 Å². The van der Waals surface area contributed by atoms with Crippen molar-refractivity contribution in [3.05, 3.63) is 35.4 Å². The molecule has 0 aromatic heterocycles. The molecule has 1 fully saturated rings. The lowest BCUT2D eigenvalue weighted by Gasteiger charge is -2.45. The fourth-order valence-electron chi connectivity index (χ4n) is 3.61. The fourth-order valence-corrected chi connectivity index (χ4v) is 3.61. The SMILES string of the molecule is C[C@@]12CCC(=O)C[C@H]1CCc1ccccc12. The van der Waals surface area contributed by atoms with E-state index < -0.39 is 0 Å². The third-order valence-electron chi connectivity index (χ3n) is 4.69. The summed E-state index contributed by atoms with van der Waals surface area (Å²) in [5.74, 6) is 1.06. The highest BCUT2D eigenvalue weighted by atomic mass is 16.1. The quantitative estimate of drug-likeness (QED) is 0.648. The summed E-state index contributed by atoms with van der Waals surface area (Å²) in [5.41, 5.74) is 3.29. The summed E-state index contributed by atoms with van der Waals surface area (Å²) in [6.07, 6.45) is 4.99. The molecule has 0 aliphatic heterocycles. The van der Waals surface area contributed by atoms with Gasteiger partial charge in [-0.1, -0.05) is 31.2 Å². The summed E-state index contributed by atoms with van der Waals surface area (Å²) < 4.78 is 0. The monoisotopic (exact) mass is 214 g/mol. The average molecular weight is 214 g/mol. The molecule has 0 N–H and O–H groups in total. The molecule has 0 saturated heterocycles. The molecule has 1 saturated carbocycles. The van der Waals surface area contributed by atoms with Gasteiger partial charge in [-0.3, -0.25) is 4.79 Å². The molecule has 84 valence electrons. The van der Waals surface area contributed by atoms with Gasteiger partial charge >= 0.3 is 0 Å². The largest absolute Gasteiger partial charge is 0.300 e. The highest BCUT2D eigenvalue weighted by Crippen LogP contribution is 2.48. The number of hydrogen-bond acceptors (Lipinski definition) is 1. The maximum atomic E-state index is 11.6. The molecule has 0 spiro atoms. The summed E-state index contributed by atoms with van der Waals surface area (Å²) in [7, 11) is 0. The number of aryl methyl sites for hydroxylation is 1. The molecule has 1 heteroatoms. The molecule has 1 nitrogen and oxygen atoms in total. The van der Waals surface area contributed by atoms with Gasteiger partial charge in [-0.05, 0) is 41.7 Å². The van der Waals surface area contributed by atoms with Crippen molar-refractivity contribution < 1.29 is 4.79 Å². The second-order valence-electron chi connectivity index (χ2n) is 5.55. The maximum absolute atomic E-state index is 11.6. The van der Waals surface area contributed by atoms with Gasteiger partial charge in [0, 0.05) is 12.8 Å². The Bertz CT molecular complexity index is 435. The number of benzene rings is 1. The summed E-state index contributed by atoms with van der Waals surface area (Å²) in [6, 6.07) is 8.81. The van der Waals surface area contributed by atoms with E-state index in [1.165, 1.54) is 17.5 Å².